The summed E-state index contributed by atoms with van der Waals surface area (Å²) in [7, 11) is 1.63. The summed E-state index contributed by atoms with van der Waals surface area (Å²) in [5, 5.41) is 10.9. The molecule has 0 amide bonds. The fourth-order valence-electron chi connectivity index (χ4n) is 1.35. The van der Waals surface area contributed by atoms with Crippen molar-refractivity contribution in [2.24, 2.45) is 0 Å². The van der Waals surface area contributed by atoms with Gasteiger partial charge in [-0.15, -0.1) is 10.2 Å². The molecule has 1 heterocycles. The first-order chi connectivity index (χ1) is 8.19. The SMILES string of the molecule is COc1ccc(Br)c(NCc2nnc(C)o2)c1. The number of anilines is 1. The first-order valence-electron chi connectivity index (χ1n) is 5.05. The molecule has 6 heteroatoms. The van der Waals surface area contributed by atoms with Crippen LogP contribution in [0, 0.1) is 6.92 Å². The van der Waals surface area contributed by atoms with E-state index in [0.29, 0.717) is 18.3 Å². The molecule has 1 aromatic carbocycles. The highest BCUT2D eigenvalue weighted by Gasteiger charge is 2.05. The van der Waals surface area contributed by atoms with E-state index in [0.717, 1.165) is 15.9 Å². The lowest BCUT2D eigenvalue weighted by molar-refractivity contribution is 0.415. The molecule has 0 unspecified atom stereocenters. The van der Waals surface area contributed by atoms with Gasteiger partial charge in [0.05, 0.1) is 19.3 Å². The first kappa shape index (κ1) is 11.9. The van der Waals surface area contributed by atoms with Gasteiger partial charge >= 0.3 is 0 Å². The van der Waals surface area contributed by atoms with Gasteiger partial charge in [0.1, 0.15) is 5.75 Å². The Balaban J connectivity index is 2.07. The van der Waals surface area contributed by atoms with Gasteiger partial charge in [-0.25, -0.2) is 0 Å². The summed E-state index contributed by atoms with van der Waals surface area (Å²) < 4.78 is 11.4. The van der Waals surface area contributed by atoms with Crippen molar-refractivity contribution in [2.75, 3.05) is 12.4 Å². The topological polar surface area (TPSA) is 60.2 Å². The molecule has 0 aliphatic heterocycles. The van der Waals surface area contributed by atoms with Crippen LogP contribution < -0.4 is 10.1 Å². The van der Waals surface area contributed by atoms with Gasteiger partial charge in [-0.2, -0.15) is 0 Å². The Morgan fingerprint density at radius 3 is 2.88 bits per heavy atom. The summed E-state index contributed by atoms with van der Waals surface area (Å²) in [4.78, 5) is 0. The molecule has 0 saturated carbocycles. The number of nitrogens with one attached hydrogen (secondary N) is 1. The molecule has 2 rings (SSSR count). The minimum Gasteiger partial charge on any atom is -0.497 e. The van der Waals surface area contributed by atoms with Crippen molar-refractivity contribution in [1.29, 1.82) is 0 Å². The Morgan fingerprint density at radius 2 is 2.24 bits per heavy atom. The molecule has 17 heavy (non-hydrogen) atoms. The average Bonchev–Trinajstić information content (AvgIpc) is 2.74. The fraction of sp³-hybridized carbons (Fsp3) is 0.273. The Kier molecular flexibility index (Phi) is 3.63. The number of hydrogen-bond acceptors (Lipinski definition) is 5. The summed E-state index contributed by atoms with van der Waals surface area (Å²) in [6.45, 7) is 2.24. The third-order valence-corrected chi connectivity index (χ3v) is 2.86. The number of aryl methyl sites for hydroxylation is 1. The highest BCUT2D eigenvalue weighted by molar-refractivity contribution is 9.10. The smallest absolute Gasteiger partial charge is 0.235 e. The zero-order valence-corrected chi connectivity index (χ0v) is 11.1. The van der Waals surface area contributed by atoms with Crippen molar-refractivity contribution in [3.8, 4) is 5.75 Å². The summed E-state index contributed by atoms with van der Waals surface area (Å²) >= 11 is 3.45. The van der Waals surface area contributed by atoms with Crippen LogP contribution in [0.2, 0.25) is 0 Å². The van der Waals surface area contributed by atoms with E-state index in [4.69, 9.17) is 9.15 Å². The molecule has 1 N–H and O–H groups in total. The normalized spacial score (nSPS) is 10.3. The van der Waals surface area contributed by atoms with Crippen LogP contribution in [-0.2, 0) is 6.54 Å². The van der Waals surface area contributed by atoms with Crippen molar-refractivity contribution in [3.05, 3.63) is 34.5 Å². The molecular weight excluding hydrogens is 286 g/mol. The number of benzene rings is 1. The lowest BCUT2D eigenvalue weighted by Crippen LogP contribution is -2.00. The van der Waals surface area contributed by atoms with Crippen molar-refractivity contribution in [1.82, 2.24) is 10.2 Å². The van der Waals surface area contributed by atoms with Crippen LogP contribution in [0.4, 0.5) is 5.69 Å². The van der Waals surface area contributed by atoms with E-state index in [1.807, 2.05) is 18.2 Å². The maximum atomic E-state index is 5.27. The van der Waals surface area contributed by atoms with E-state index >= 15 is 0 Å². The van der Waals surface area contributed by atoms with Crippen molar-refractivity contribution in [2.45, 2.75) is 13.5 Å². The lowest BCUT2D eigenvalue weighted by Gasteiger charge is -2.08. The third kappa shape index (κ3) is 2.97. The van der Waals surface area contributed by atoms with E-state index < -0.39 is 0 Å². The van der Waals surface area contributed by atoms with Gasteiger partial charge in [0, 0.05) is 17.5 Å². The van der Waals surface area contributed by atoms with Crippen molar-refractivity contribution >= 4 is 21.6 Å². The van der Waals surface area contributed by atoms with Crippen LogP contribution in [-0.4, -0.2) is 17.3 Å². The standard InChI is InChI=1S/C11H12BrN3O2/c1-7-14-15-11(17-7)6-13-10-5-8(16-2)3-4-9(10)12/h3-5,13H,6H2,1-2H3. The number of rotatable bonds is 4. The number of nitrogens with zero attached hydrogens (tertiary/aromatic N) is 2. The zero-order chi connectivity index (χ0) is 12.3. The van der Waals surface area contributed by atoms with E-state index in [1.165, 1.54) is 0 Å². The van der Waals surface area contributed by atoms with Crippen LogP contribution in [0.1, 0.15) is 11.8 Å². The van der Waals surface area contributed by atoms with Gasteiger partial charge in [0.25, 0.3) is 0 Å². The molecule has 0 aliphatic rings. The highest BCUT2D eigenvalue weighted by Crippen LogP contribution is 2.27. The molecule has 0 atom stereocenters. The molecule has 0 radical (unpaired) electrons. The Labute approximate surface area is 107 Å². The largest absolute Gasteiger partial charge is 0.497 e. The molecule has 0 spiro atoms. The third-order valence-electron chi connectivity index (χ3n) is 2.17. The second-order valence-corrected chi connectivity index (χ2v) is 4.27. The van der Waals surface area contributed by atoms with Crippen LogP contribution in [0.15, 0.2) is 27.1 Å². The minimum atomic E-state index is 0.479. The van der Waals surface area contributed by atoms with Crippen LogP contribution in [0.25, 0.3) is 0 Å². The molecule has 1 aromatic heterocycles. The van der Waals surface area contributed by atoms with Crippen molar-refractivity contribution in [3.63, 3.8) is 0 Å². The van der Waals surface area contributed by atoms with Gasteiger partial charge < -0.3 is 14.5 Å². The van der Waals surface area contributed by atoms with Crippen LogP contribution in [0.3, 0.4) is 0 Å². The molecule has 0 aliphatic carbocycles. The molecular formula is C11H12BrN3O2. The molecule has 0 saturated heterocycles. The zero-order valence-electron chi connectivity index (χ0n) is 9.53. The van der Waals surface area contributed by atoms with E-state index in [1.54, 1.807) is 14.0 Å². The predicted molar refractivity (Wildman–Crippen MR) is 67.1 cm³/mol. The number of halogens is 1. The molecule has 0 fully saturated rings. The quantitative estimate of drug-likeness (QED) is 0.940. The summed E-state index contributed by atoms with van der Waals surface area (Å²) in [5.74, 6) is 1.90. The number of hydrogen-bond donors (Lipinski definition) is 1. The number of ether oxygens (including phenoxy) is 1. The summed E-state index contributed by atoms with van der Waals surface area (Å²) in [6.07, 6.45) is 0. The Hall–Kier alpha value is -1.56. The average molecular weight is 298 g/mol. The summed E-state index contributed by atoms with van der Waals surface area (Å²) in [6, 6.07) is 5.69. The fourth-order valence-corrected chi connectivity index (χ4v) is 1.73. The second-order valence-electron chi connectivity index (χ2n) is 3.41. The Morgan fingerprint density at radius 1 is 1.41 bits per heavy atom. The predicted octanol–water partition coefficient (Wildman–Crippen LogP) is 2.76. The molecule has 2 aromatic rings. The maximum Gasteiger partial charge on any atom is 0.235 e. The summed E-state index contributed by atoms with van der Waals surface area (Å²) in [5.41, 5.74) is 0.917. The van der Waals surface area contributed by atoms with Crippen LogP contribution >= 0.6 is 15.9 Å². The molecule has 90 valence electrons. The lowest BCUT2D eigenvalue weighted by atomic mass is 10.3. The van der Waals surface area contributed by atoms with Crippen molar-refractivity contribution < 1.29 is 9.15 Å². The molecule has 5 nitrogen and oxygen atoms in total. The number of aromatic nitrogens is 2. The van der Waals surface area contributed by atoms with E-state index in [-0.39, 0.29) is 0 Å². The van der Waals surface area contributed by atoms with Gasteiger partial charge in [-0.1, -0.05) is 0 Å². The second kappa shape index (κ2) is 5.18. The van der Waals surface area contributed by atoms with Gasteiger partial charge in [0.2, 0.25) is 11.8 Å². The minimum absolute atomic E-state index is 0.479. The first-order valence-corrected chi connectivity index (χ1v) is 5.84. The van der Waals surface area contributed by atoms with E-state index in [2.05, 4.69) is 31.4 Å². The maximum absolute atomic E-state index is 5.27. The number of methoxy groups -OCH3 is 1. The van der Waals surface area contributed by atoms with Gasteiger partial charge in [0.15, 0.2) is 0 Å². The monoisotopic (exact) mass is 297 g/mol. The highest BCUT2D eigenvalue weighted by atomic mass is 79.9. The Bertz CT molecular complexity index is 513. The molecule has 0 bridgehead atoms. The van der Waals surface area contributed by atoms with Gasteiger partial charge in [-0.05, 0) is 28.1 Å². The van der Waals surface area contributed by atoms with E-state index in [9.17, 15) is 0 Å². The van der Waals surface area contributed by atoms with Gasteiger partial charge in [-0.3, -0.25) is 0 Å². The van der Waals surface area contributed by atoms with Crippen LogP contribution in [0.5, 0.6) is 5.75 Å².